The van der Waals surface area contributed by atoms with Crippen molar-refractivity contribution >= 4 is 35.0 Å². The monoisotopic (exact) mass is 416 g/mol. The Balaban J connectivity index is 1.59. The van der Waals surface area contributed by atoms with Crippen LogP contribution in [0.15, 0.2) is 58.5 Å². The van der Waals surface area contributed by atoms with E-state index in [1.165, 1.54) is 0 Å². The van der Waals surface area contributed by atoms with Gasteiger partial charge in [0.05, 0.1) is 12.9 Å². The van der Waals surface area contributed by atoms with E-state index >= 15 is 0 Å². The van der Waals surface area contributed by atoms with Crippen LogP contribution in [0, 0.1) is 0 Å². The number of halogens is 1. The predicted octanol–water partition coefficient (Wildman–Crippen LogP) is 3.15. The number of nitrogens with zero attached hydrogens (tertiary/aromatic N) is 2. The van der Waals surface area contributed by atoms with Gasteiger partial charge in [-0.15, -0.1) is 10.2 Å². The Morgan fingerprint density at radius 2 is 2.04 bits per heavy atom. The van der Waals surface area contributed by atoms with Gasteiger partial charge in [-0.3, -0.25) is 14.6 Å². The summed E-state index contributed by atoms with van der Waals surface area (Å²) in [5, 5.41) is 11.6. The topological polar surface area (TPSA) is 97.0 Å². The van der Waals surface area contributed by atoms with E-state index in [4.69, 9.17) is 16.3 Å². The Bertz CT molecular complexity index is 1040. The molecule has 0 saturated heterocycles. The Morgan fingerprint density at radius 1 is 1.21 bits per heavy atom. The Labute approximate surface area is 170 Å². The van der Waals surface area contributed by atoms with Crippen molar-refractivity contribution in [3.05, 3.63) is 75.2 Å². The van der Waals surface area contributed by atoms with Gasteiger partial charge in [-0.1, -0.05) is 47.6 Å². The van der Waals surface area contributed by atoms with Crippen molar-refractivity contribution < 1.29 is 9.53 Å². The Morgan fingerprint density at radius 3 is 2.79 bits per heavy atom. The molecule has 0 unspecified atom stereocenters. The zero-order valence-corrected chi connectivity index (χ0v) is 16.5. The predicted molar refractivity (Wildman–Crippen MR) is 109 cm³/mol. The number of amides is 1. The second-order valence-electron chi connectivity index (χ2n) is 5.74. The second kappa shape index (κ2) is 9.38. The molecule has 0 spiro atoms. The fourth-order valence-corrected chi connectivity index (χ4v) is 3.19. The molecule has 0 bridgehead atoms. The first-order valence-corrected chi connectivity index (χ1v) is 9.67. The number of thioether (sulfide) groups is 1. The zero-order valence-electron chi connectivity index (χ0n) is 14.9. The minimum Gasteiger partial charge on any atom is -0.497 e. The maximum absolute atomic E-state index is 12.2. The molecule has 0 aliphatic heterocycles. The molecule has 0 radical (unpaired) electrons. The van der Waals surface area contributed by atoms with Crippen LogP contribution in [0.4, 0.5) is 5.69 Å². The first kappa shape index (κ1) is 19.9. The van der Waals surface area contributed by atoms with Crippen LogP contribution in [0.3, 0.4) is 0 Å². The number of aromatic amines is 1. The number of aromatic nitrogens is 3. The number of hydrogen-bond acceptors (Lipinski definition) is 6. The lowest BCUT2D eigenvalue weighted by Gasteiger charge is -2.07. The van der Waals surface area contributed by atoms with Crippen LogP contribution in [-0.2, 0) is 11.2 Å². The molecule has 28 heavy (non-hydrogen) atoms. The van der Waals surface area contributed by atoms with Crippen LogP contribution < -0.4 is 15.6 Å². The standard InChI is InChI=1S/C19H17ClN4O3S/c1-27-14-7-4-6-13(10-14)21-17(25)11-28-19-22-18(26)16(23-24-19)9-12-5-2-3-8-15(12)20/h2-8,10H,9,11H2,1H3,(H,21,25)(H,22,24,26). The molecule has 9 heteroatoms. The minimum atomic E-state index is -0.356. The second-order valence-corrected chi connectivity index (χ2v) is 7.11. The van der Waals surface area contributed by atoms with E-state index in [1.54, 1.807) is 37.4 Å². The summed E-state index contributed by atoms with van der Waals surface area (Å²) in [6, 6.07) is 14.3. The van der Waals surface area contributed by atoms with Gasteiger partial charge in [0.2, 0.25) is 5.91 Å². The smallest absolute Gasteiger partial charge is 0.273 e. The molecule has 7 nitrogen and oxygen atoms in total. The number of carbonyl (C=O) groups is 1. The molecule has 1 aromatic heterocycles. The van der Waals surface area contributed by atoms with Gasteiger partial charge in [-0.2, -0.15) is 0 Å². The van der Waals surface area contributed by atoms with E-state index in [2.05, 4.69) is 20.5 Å². The highest BCUT2D eigenvalue weighted by atomic mass is 35.5. The van der Waals surface area contributed by atoms with E-state index in [0.717, 1.165) is 17.3 Å². The third-order valence-electron chi connectivity index (χ3n) is 3.75. The van der Waals surface area contributed by atoms with E-state index in [9.17, 15) is 9.59 Å². The van der Waals surface area contributed by atoms with E-state index in [1.807, 2.05) is 18.2 Å². The summed E-state index contributed by atoms with van der Waals surface area (Å²) in [5.41, 5.74) is 1.32. The van der Waals surface area contributed by atoms with Crippen molar-refractivity contribution in [1.29, 1.82) is 0 Å². The molecule has 0 aliphatic rings. The number of hydrogen-bond donors (Lipinski definition) is 2. The van der Waals surface area contributed by atoms with Gasteiger partial charge in [-0.25, -0.2) is 0 Å². The van der Waals surface area contributed by atoms with Crippen LogP contribution in [0.1, 0.15) is 11.3 Å². The largest absolute Gasteiger partial charge is 0.497 e. The minimum absolute atomic E-state index is 0.0751. The van der Waals surface area contributed by atoms with Crippen molar-refractivity contribution in [3.63, 3.8) is 0 Å². The average Bonchev–Trinajstić information content (AvgIpc) is 2.70. The number of benzene rings is 2. The third kappa shape index (κ3) is 5.34. The maximum atomic E-state index is 12.2. The molecule has 1 heterocycles. The summed E-state index contributed by atoms with van der Waals surface area (Å²) >= 11 is 7.20. The number of rotatable bonds is 7. The average molecular weight is 417 g/mol. The fraction of sp³-hybridized carbons (Fsp3) is 0.158. The molecule has 0 fully saturated rings. The Hall–Kier alpha value is -2.84. The number of anilines is 1. The lowest BCUT2D eigenvalue weighted by molar-refractivity contribution is -0.113. The normalized spacial score (nSPS) is 10.5. The molecule has 0 saturated carbocycles. The number of carbonyl (C=O) groups excluding carboxylic acids is 1. The van der Waals surface area contributed by atoms with Crippen LogP contribution in [0.2, 0.25) is 5.02 Å². The van der Waals surface area contributed by atoms with Crippen molar-refractivity contribution in [2.45, 2.75) is 11.6 Å². The van der Waals surface area contributed by atoms with Crippen LogP contribution in [-0.4, -0.2) is 34.0 Å². The van der Waals surface area contributed by atoms with Gasteiger partial charge in [0.25, 0.3) is 5.56 Å². The highest BCUT2D eigenvalue weighted by Gasteiger charge is 2.10. The van der Waals surface area contributed by atoms with Crippen molar-refractivity contribution in [1.82, 2.24) is 15.2 Å². The van der Waals surface area contributed by atoms with Crippen LogP contribution >= 0.6 is 23.4 Å². The summed E-state index contributed by atoms with van der Waals surface area (Å²) in [5.74, 6) is 0.488. The number of methoxy groups -OCH3 is 1. The van der Waals surface area contributed by atoms with E-state index < -0.39 is 0 Å². The van der Waals surface area contributed by atoms with Crippen LogP contribution in [0.5, 0.6) is 5.75 Å². The van der Waals surface area contributed by atoms with Gasteiger partial charge < -0.3 is 10.1 Å². The molecule has 3 aromatic rings. The first-order valence-electron chi connectivity index (χ1n) is 8.31. The summed E-state index contributed by atoms with van der Waals surface area (Å²) < 4.78 is 5.12. The van der Waals surface area contributed by atoms with Gasteiger partial charge in [0.1, 0.15) is 11.4 Å². The molecular formula is C19H17ClN4O3S. The molecule has 144 valence electrons. The summed E-state index contributed by atoms with van der Waals surface area (Å²) in [4.78, 5) is 27.0. The van der Waals surface area contributed by atoms with Crippen molar-refractivity contribution in [3.8, 4) is 5.75 Å². The van der Waals surface area contributed by atoms with Gasteiger partial charge in [0, 0.05) is 23.2 Å². The Kier molecular flexibility index (Phi) is 6.67. The van der Waals surface area contributed by atoms with Gasteiger partial charge in [0.15, 0.2) is 5.16 Å². The number of ether oxygens (including phenoxy) is 1. The first-order chi connectivity index (χ1) is 13.5. The van der Waals surface area contributed by atoms with Gasteiger partial charge in [-0.05, 0) is 23.8 Å². The quantitative estimate of drug-likeness (QED) is 0.574. The van der Waals surface area contributed by atoms with Crippen molar-refractivity contribution in [2.75, 3.05) is 18.2 Å². The molecule has 2 N–H and O–H groups in total. The summed E-state index contributed by atoms with van der Waals surface area (Å²) in [7, 11) is 1.56. The number of H-pyrrole nitrogens is 1. The third-order valence-corrected chi connectivity index (χ3v) is 4.99. The maximum Gasteiger partial charge on any atom is 0.273 e. The fourth-order valence-electron chi connectivity index (χ4n) is 2.38. The lowest BCUT2D eigenvalue weighted by atomic mass is 10.1. The highest BCUT2D eigenvalue weighted by molar-refractivity contribution is 7.99. The molecule has 0 aliphatic carbocycles. The SMILES string of the molecule is COc1cccc(NC(=O)CSc2nnc(Cc3ccccc3Cl)c(=O)[nH]2)c1. The molecular weight excluding hydrogens is 400 g/mol. The number of nitrogens with one attached hydrogen (secondary N) is 2. The van der Waals surface area contributed by atoms with Crippen molar-refractivity contribution in [2.24, 2.45) is 0 Å². The molecule has 3 rings (SSSR count). The molecule has 2 aromatic carbocycles. The van der Waals surface area contributed by atoms with Gasteiger partial charge >= 0.3 is 0 Å². The molecule has 1 amide bonds. The summed E-state index contributed by atoms with van der Waals surface area (Å²) in [6.07, 6.45) is 0.281. The van der Waals surface area contributed by atoms with Crippen LogP contribution in [0.25, 0.3) is 0 Å². The van der Waals surface area contributed by atoms with E-state index in [-0.39, 0.29) is 34.5 Å². The summed E-state index contributed by atoms with van der Waals surface area (Å²) in [6.45, 7) is 0. The lowest BCUT2D eigenvalue weighted by Crippen LogP contribution is -2.19. The zero-order chi connectivity index (χ0) is 19.9. The van der Waals surface area contributed by atoms with E-state index in [0.29, 0.717) is 16.5 Å². The highest BCUT2D eigenvalue weighted by Crippen LogP contribution is 2.19. The molecule has 0 atom stereocenters.